The Balaban J connectivity index is 3.80. The molecular weight excluding hydrogens is 254 g/mol. The first kappa shape index (κ1) is 18.7. The first-order valence-corrected chi connectivity index (χ1v) is 7.78. The van der Waals surface area contributed by atoms with Crippen LogP contribution >= 0.6 is 0 Å². The SMILES string of the molecule is CCCC(C(=O)NCCCCCCC(C)C)C(N)=NO. The predicted molar refractivity (Wildman–Crippen MR) is 82.7 cm³/mol. The minimum atomic E-state index is -0.508. The van der Waals surface area contributed by atoms with Crippen LogP contribution in [-0.4, -0.2) is 23.5 Å². The molecule has 20 heavy (non-hydrogen) atoms. The van der Waals surface area contributed by atoms with Crippen LogP contribution in [0.5, 0.6) is 0 Å². The fraction of sp³-hybridized carbons (Fsp3) is 0.867. The molecule has 0 spiro atoms. The Bertz CT molecular complexity index is 291. The van der Waals surface area contributed by atoms with Crippen LogP contribution in [0.25, 0.3) is 0 Å². The molecule has 0 aliphatic carbocycles. The van der Waals surface area contributed by atoms with Crippen LogP contribution in [0, 0.1) is 11.8 Å². The highest BCUT2D eigenvalue weighted by Crippen LogP contribution is 2.10. The quantitative estimate of drug-likeness (QED) is 0.179. The maximum Gasteiger partial charge on any atom is 0.230 e. The molecule has 0 rings (SSSR count). The molecular formula is C15H31N3O2. The van der Waals surface area contributed by atoms with Gasteiger partial charge in [0, 0.05) is 6.54 Å². The smallest absolute Gasteiger partial charge is 0.230 e. The van der Waals surface area contributed by atoms with E-state index in [-0.39, 0.29) is 11.7 Å². The normalized spacial score (nSPS) is 13.5. The number of nitrogens with zero attached hydrogens (tertiary/aromatic N) is 1. The van der Waals surface area contributed by atoms with Crippen LogP contribution < -0.4 is 11.1 Å². The summed E-state index contributed by atoms with van der Waals surface area (Å²) in [7, 11) is 0. The van der Waals surface area contributed by atoms with Crippen LogP contribution in [0.15, 0.2) is 5.16 Å². The number of hydrogen-bond donors (Lipinski definition) is 3. The number of nitrogens with two attached hydrogens (primary N) is 1. The third-order valence-electron chi connectivity index (χ3n) is 3.37. The van der Waals surface area contributed by atoms with Crippen molar-refractivity contribution in [1.29, 1.82) is 0 Å². The molecule has 5 nitrogen and oxygen atoms in total. The molecule has 4 N–H and O–H groups in total. The van der Waals surface area contributed by atoms with Gasteiger partial charge >= 0.3 is 0 Å². The lowest BCUT2D eigenvalue weighted by Crippen LogP contribution is -2.39. The first-order chi connectivity index (χ1) is 9.52. The molecule has 0 aliphatic heterocycles. The van der Waals surface area contributed by atoms with Gasteiger partial charge in [0.15, 0.2) is 5.84 Å². The summed E-state index contributed by atoms with van der Waals surface area (Å²) in [6.45, 7) is 7.11. The van der Waals surface area contributed by atoms with E-state index in [1.165, 1.54) is 19.3 Å². The number of nitrogens with one attached hydrogen (secondary N) is 1. The molecule has 1 amide bonds. The van der Waals surface area contributed by atoms with E-state index in [1.807, 2.05) is 6.92 Å². The Morgan fingerprint density at radius 1 is 1.20 bits per heavy atom. The van der Waals surface area contributed by atoms with Crippen molar-refractivity contribution in [3.8, 4) is 0 Å². The van der Waals surface area contributed by atoms with E-state index in [1.54, 1.807) is 0 Å². The number of amides is 1. The lowest BCUT2D eigenvalue weighted by Gasteiger charge is -2.14. The summed E-state index contributed by atoms with van der Waals surface area (Å²) in [5.74, 6) is 0.127. The van der Waals surface area contributed by atoms with Crippen LogP contribution in [0.4, 0.5) is 0 Å². The lowest BCUT2D eigenvalue weighted by molar-refractivity contribution is -0.123. The van der Waals surface area contributed by atoms with Gasteiger partial charge in [0.2, 0.25) is 5.91 Å². The largest absolute Gasteiger partial charge is 0.409 e. The predicted octanol–water partition coefficient (Wildman–Crippen LogP) is 2.87. The van der Waals surface area contributed by atoms with Gasteiger partial charge in [-0.05, 0) is 18.8 Å². The van der Waals surface area contributed by atoms with E-state index in [2.05, 4.69) is 24.3 Å². The van der Waals surface area contributed by atoms with Crippen molar-refractivity contribution in [2.75, 3.05) is 6.54 Å². The molecule has 0 bridgehead atoms. The second kappa shape index (κ2) is 11.6. The Labute approximate surface area is 123 Å². The van der Waals surface area contributed by atoms with Crippen LogP contribution in [-0.2, 0) is 4.79 Å². The van der Waals surface area contributed by atoms with Crippen molar-refractivity contribution in [2.24, 2.45) is 22.7 Å². The molecule has 5 heteroatoms. The van der Waals surface area contributed by atoms with Gasteiger partial charge in [-0.2, -0.15) is 0 Å². The van der Waals surface area contributed by atoms with Crippen molar-refractivity contribution in [1.82, 2.24) is 5.32 Å². The number of rotatable bonds is 11. The maximum atomic E-state index is 11.9. The zero-order chi connectivity index (χ0) is 15.4. The molecule has 0 saturated carbocycles. The highest BCUT2D eigenvalue weighted by atomic mass is 16.4. The topological polar surface area (TPSA) is 87.7 Å². The minimum absolute atomic E-state index is 0.00119. The van der Waals surface area contributed by atoms with E-state index in [4.69, 9.17) is 10.9 Å². The molecule has 0 radical (unpaired) electrons. The molecule has 0 heterocycles. The second-order valence-electron chi connectivity index (χ2n) is 5.75. The van der Waals surface area contributed by atoms with Gasteiger partial charge in [0.05, 0.1) is 5.92 Å². The third-order valence-corrected chi connectivity index (χ3v) is 3.37. The summed E-state index contributed by atoms with van der Waals surface area (Å²) >= 11 is 0. The van der Waals surface area contributed by atoms with E-state index < -0.39 is 5.92 Å². The van der Waals surface area contributed by atoms with Gasteiger partial charge in [-0.1, -0.05) is 58.0 Å². The third kappa shape index (κ3) is 8.77. The number of carbonyl (C=O) groups is 1. The summed E-state index contributed by atoms with van der Waals surface area (Å²) in [6.07, 6.45) is 7.29. The highest BCUT2D eigenvalue weighted by molar-refractivity contribution is 6.01. The zero-order valence-electron chi connectivity index (χ0n) is 13.2. The fourth-order valence-electron chi connectivity index (χ4n) is 2.14. The standard InChI is InChI=1S/C15H31N3O2/c1-4-9-13(14(16)18-20)15(19)17-11-8-6-5-7-10-12(2)3/h12-13,20H,4-11H2,1-3H3,(H2,16,18)(H,17,19). The van der Waals surface area contributed by atoms with Gasteiger partial charge in [0.25, 0.3) is 0 Å². The van der Waals surface area contributed by atoms with E-state index in [9.17, 15) is 4.79 Å². The van der Waals surface area contributed by atoms with Crippen LogP contribution in [0.1, 0.15) is 65.7 Å². The van der Waals surface area contributed by atoms with Crippen LogP contribution in [0.2, 0.25) is 0 Å². The number of carbonyl (C=O) groups excluding carboxylic acids is 1. The Hall–Kier alpha value is -1.26. The Morgan fingerprint density at radius 2 is 1.85 bits per heavy atom. The van der Waals surface area contributed by atoms with Gasteiger partial charge in [-0.3, -0.25) is 4.79 Å². The molecule has 0 fully saturated rings. The molecule has 1 unspecified atom stereocenters. The zero-order valence-corrected chi connectivity index (χ0v) is 13.2. The average Bonchev–Trinajstić information content (AvgIpc) is 2.42. The highest BCUT2D eigenvalue weighted by Gasteiger charge is 2.21. The van der Waals surface area contributed by atoms with Crippen molar-refractivity contribution in [2.45, 2.75) is 65.7 Å². The Kier molecular flexibility index (Phi) is 10.8. The molecule has 1 atom stereocenters. The van der Waals surface area contributed by atoms with Crippen molar-refractivity contribution in [3.63, 3.8) is 0 Å². The van der Waals surface area contributed by atoms with E-state index >= 15 is 0 Å². The Morgan fingerprint density at radius 3 is 2.40 bits per heavy atom. The number of oxime groups is 1. The summed E-state index contributed by atoms with van der Waals surface area (Å²) in [5.41, 5.74) is 5.54. The lowest BCUT2D eigenvalue weighted by atomic mass is 10.0. The monoisotopic (exact) mass is 285 g/mol. The fourth-order valence-corrected chi connectivity index (χ4v) is 2.14. The minimum Gasteiger partial charge on any atom is -0.409 e. The van der Waals surface area contributed by atoms with Crippen LogP contribution in [0.3, 0.4) is 0 Å². The van der Waals surface area contributed by atoms with Crippen molar-refractivity contribution in [3.05, 3.63) is 0 Å². The summed E-state index contributed by atoms with van der Waals surface area (Å²) in [6, 6.07) is 0. The van der Waals surface area contributed by atoms with Gasteiger partial charge < -0.3 is 16.3 Å². The van der Waals surface area contributed by atoms with Crippen molar-refractivity contribution < 1.29 is 10.0 Å². The van der Waals surface area contributed by atoms with Gasteiger partial charge in [-0.25, -0.2) is 0 Å². The molecule has 0 aromatic carbocycles. The second-order valence-corrected chi connectivity index (χ2v) is 5.75. The molecule has 0 saturated heterocycles. The number of unbranched alkanes of at least 4 members (excludes halogenated alkanes) is 3. The molecule has 0 aromatic rings. The molecule has 118 valence electrons. The summed E-state index contributed by atoms with van der Waals surface area (Å²) in [4.78, 5) is 11.9. The summed E-state index contributed by atoms with van der Waals surface area (Å²) in [5, 5.41) is 14.5. The molecule has 0 aliphatic rings. The van der Waals surface area contributed by atoms with E-state index in [0.717, 1.165) is 25.2 Å². The maximum absolute atomic E-state index is 11.9. The molecule has 0 aromatic heterocycles. The first-order valence-electron chi connectivity index (χ1n) is 7.78. The summed E-state index contributed by atoms with van der Waals surface area (Å²) < 4.78 is 0. The van der Waals surface area contributed by atoms with Crippen molar-refractivity contribution >= 4 is 11.7 Å². The van der Waals surface area contributed by atoms with E-state index in [0.29, 0.717) is 13.0 Å². The van der Waals surface area contributed by atoms with Gasteiger partial charge in [-0.15, -0.1) is 0 Å². The van der Waals surface area contributed by atoms with Gasteiger partial charge in [0.1, 0.15) is 0 Å². The average molecular weight is 285 g/mol. The number of hydrogen-bond acceptors (Lipinski definition) is 3. The number of amidine groups is 1.